The molecular weight excluding hydrogens is 584 g/mol. The van der Waals surface area contributed by atoms with Gasteiger partial charge in [0, 0.05) is 38.6 Å². The third-order valence-electron chi connectivity index (χ3n) is 10.6. The van der Waals surface area contributed by atoms with E-state index in [0.717, 1.165) is 65.0 Å². The van der Waals surface area contributed by atoms with E-state index in [1.807, 2.05) is 52.8 Å². The Balaban J connectivity index is 1.03. The second-order valence-electron chi connectivity index (χ2n) is 13.5. The van der Waals surface area contributed by atoms with Gasteiger partial charge in [0.05, 0.1) is 16.6 Å². The van der Waals surface area contributed by atoms with E-state index in [0.29, 0.717) is 44.9 Å². The van der Waals surface area contributed by atoms with Crippen LogP contribution in [0.3, 0.4) is 0 Å². The zero-order valence-electron chi connectivity index (χ0n) is 26.8. The van der Waals surface area contributed by atoms with Crippen molar-refractivity contribution in [2.45, 2.75) is 64.0 Å². The first kappa shape index (κ1) is 30.5. The second-order valence-corrected chi connectivity index (χ2v) is 13.5. The van der Waals surface area contributed by atoms with Crippen molar-refractivity contribution in [1.29, 1.82) is 0 Å². The number of H-pyrrole nitrogens is 2. The van der Waals surface area contributed by atoms with Gasteiger partial charge in [0.25, 0.3) is 5.91 Å². The molecule has 46 heavy (non-hydrogen) atoms. The molecule has 0 bridgehead atoms. The predicted octanol–water partition coefficient (Wildman–Crippen LogP) is 3.87. The number of carbonyl (C=O) groups excluding carboxylic acids is 2. The van der Waals surface area contributed by atoms with Gasteiger partial charge in [0.2, 0.25) is 0 Å². The van der Waals surface area contributed by atoms with Gasteiger partial charge in [-0.25, -0.2) is 9.59 Å². The number of nitrogens with one attached hydrogen (secondary N) is 2. The number of amides is 2. The Labute approximate surface area is 268 Å². The molecular formula is C34H44N8O4. The minimum atomic E-state index is -0.940. The van der Waals surface area contributed by atoms with Crippen LogP contribution in [0.4, 0.5) is 4.79 Å². The van der Waals surface area contributed by atoms with Gasteiger partial charge in [-0.3, -0.25) is 14.5 Å². The number of hydrogen-bond donors (Lipinski definition) is 2. The van der Waals surface area contributed by atoms with Crippen LogP contribution in [0.2, 0.25) is 0 Å². The third-order valence-corrected chi connectivity index (χ3v) is 10.6. The fourth-order valence-corrected chi connectivity index (χ4v) is 7.94. The monoisotopic (exact) mass is 628 g/mol. The fourth-order valence-electron chi connectivity index (χ4n) is 7.94. The van der Waals surface area contributed by atoms with Gasteiger partial charge in [-0.1, -0.05) is 23.4 Å². The minimum Gasteiger partial charge on any atom is -0.436 e. The molecule has 7 rings (SSSR count). The zero-order valence-corrected chi connectivity index (χ0v) is 26.8. The number of imidazole rings is 1. The van der Waals surface area contributed by atoms with Crippen molar-refractivity contribution in [3.8, 4) is 0 Å². The predicted molar refractivity (Wildman–Crippen MR) is 175 cm³/mol. The van der Waals surface area contributed by atoms with E-state index in [9.17, 15) is 14.4 Å². The van der Waals surface area contributed by atoms with Crippen LogP contribution in [0.15, 0.2) is 41.2 Å². The van der Waals surface area contributed by atoms with Crippen molar-refractivity contribution in [2.75, 3.05) is 46.3 Å². The number of likely N-dealkylation sites (tertiary alicyclic amines) is 3. The SMILES string of the molecule is Cc1cc(CC(OC(=O)N2CCC(n3c(=O)[nH]c4ccccc43)CC2)C(=O)N2CCC(C3CCN(C)CC3)CC2)cc2nn[nH]c12. The Morgan fingerprint density at radius 2 is 1.61 bits per heavy atom. The minimum absolute atomic E-state index is 0.0202. The molecule has 244 valence electrons. The summed E-state index contributed by atoms with van der Waals surface area (Å²) in [4.78, 5) is 49.3. The Kier molecular flexibility index (Phi) is 8.54. The van der Waals surface area contributed by atoms with Crippen LogP contribution in [0.25, 0.3) is 22.1 Å². The van der Waals surface area contributed by atoms with Gasteiger partial charge >= 0.3 is 11.8 Å². The first-order chi connectivity index (χ1) is 22.3. The average Bonchev–Trinajstić information content (AvgIpc) is 3.68. The number of aryl methyl sites for hydroxylation is 1. The molecule has 1 unspecified atom stereocenters. The summed E-state index contributed by atoms with van der Waals surface area (Å²) in [5.74, 6) is 1.23. The summed E-state index contributed by atoms with van der Waals surface area (Å²) in [5, 5.41) is 11.0. The van der Waals surface area contributed by atoms with Crippen molar-refractivity contribution in [1.82, 2.24) is 39.7 Å². The molecule has 4 aromatic rings. The maximum atomic E-state index is 14.1. The lowest BCUT2D eigenvalue weighted by Gasteiger charge is -2.40. The Hall–Kier alpha value is -4.19. The van der Waals surface area contributed by atoms with E-state index in [1.165, 1.54) is 12.8 Å². The summed E-state index contributed by atoms with van der Waals surface area (Å²) in [6.45, 7) is 6.54. The lowest BCUT2D eigenvalue weighted by Crippen LogP contribution is -2.49. The normalized spacial score (nSPS) is 20.0. The molecule has 0 aliphatic carbocycles. The van der Waals surface area contributed by atoms with Crippen molar-refractivity contribution in [2.24, 2.45) is 11.8 Å². The molecule has 3 aliphatic rings. The number of rotatable bonds is 6. The van der Waals surface area contributed by atoms with Gasteiger partial charge in [-0.15, -0.1) is 5.10 Å². The molecule has 0 spiro atoms. The smallest absolute Gasteiger partial charge is 0.410 e. The number of ether oxygens (including phenoxy) is 1. The quantitative estimate of drug-likeness (QED) is 0.331. The molecule has 3 saturated heterocycles. The van der Waals surface area contributed by atoms with Crippen molar-refractivity contribution in [3.05, 3.63) is 58.0 Å². The molecule has 12 nitrogen and oxygen atoms in total. The van der Waals surface area contributed by atoms with Crippen molar-refractivity contribution in [3.63, 3.8) is 0 Å². The van der Waals surface area contributed by atoms with E-state index in [4.69, 9.17) is 4.74 Å². The van der Waals surface area contributed by atoms with Crippen molar-refractivity contribution >= 4 is 34.1 Å². The van der Waals surface area contributed by atoms with Crippen molar-refractivity contribution < 1.29 is 14.3 Å². The molecule has 0 saturated carbocycles. The molecule has 3 fully saturated rings. The summed E-state index contributed by atoms with van der Waals surface area (Å²) in [6.07, 6.45) is 4.54. The van der Waals surface area contributed by atoms with Crippen LogP contribution >= 0.6 is 0 Å². The Morgan fingerprint density at radius 3 is 2.35 bits per heavy atom. The van der Waals surface area contributed by atoms with Crippen LogP contribution in [-0.4, -0.2) is 104 Å². The van der Waals surface area contributed by atoms with Crippen LogP contribution in [0, 0.1) is 18.8 Å². The van der Waals surface area contributed by atoms with E-state index in [2.05, 4.69) is 32.3 Å². The van der Waals surface area contributed by atoms with Crippen LogP contribution in [-0.2, 0) is 16.0 Å². The molecule has 2 aromatic carbocycles. The highest BCUT2D eigenvalue weighted by molar-refractivity contribution is 5.85. The average molecular weight is 629 g/mol. The number of piperidine rings is 3. The number of aromatic amines is 2. The molecule has 2 N–H and O–H groups in total. The number of carbonyl (C=O) groups is 2. The lowest BCUT2D eigenvalue weighted by molar-refractivity contribution is -0.142. The highest BCUT2D eigenvalue weighted by atomic mass is 16.6. The number of nitrogens with zero attached hydrogens (tertiary/aromatic N) is 6. The highest BCUT2D eigenvalue weighted by Gasteiger charge is 2.36. The summed E-state index contributed by atoms with van der Waals surface area (Å²) in [7, 11) is 2.19. The Bertz CT molecular complexity index is 1750. The molecule has 12 heteroatoms. The number of hydrogen-bond acceptors (Lipinski definition) is 7. The molecule has 2 aromatic heterocycles. The topological polar surface area (TPSA) is 132 Å². The number of aromatic nitrogens is 5. The summed E-state index contributed by atoms with van der Waals surface area (Å²) >= 11 is 0. The van der Waals surface area contributed by atoms with E-state index in [1.54, 1.807) is 4.90 Å². The third kappa shape index (κ3) is 6.14. The van der Waals surface area contributed by atoms with Gasteiger partial charge in [-0.05, 0) is 107 Å². The molecule has 5 heterocycles. The maximum Gasteiger partial charge on any atom is 0.410 e. The van der Waals surface area contributed by atoms with Gasteiger partial charge in [-0.2, -0.15) is 0 Å². The summed E-state index contributed by atoms with van der Waals surface area (Å²) in [6, 6.07) is 11.6. The molecule has 0 radical (unpaired) electrons. The van der Waals surface area contributed by atoms with Crippen LogP contribution < -0.4 is 5.69 Å². The molecule has 3 aliphatic heterocycles. The summed E-state index contributed by atoms with van der Waals surface area (Å²) < 4.78 is 7.90. The zero-order chi connectivity index (χ0) is 31.8. The van der Waals surface area contributed by atoms with Gasteiger partial charge in [0.15, 0.2) is 6.10 Å². The highest BCUT2D eigenvalue weighted by Crippen LogP contribution is 2.33. The van der Waals surface area contributed by atoms with Crippen LogP contribution in [0.1, 0.15) is 55.7 Å². The van der Waals surface area contributed by atoms with E-state index >= 15 is 0 Å². The van der Waals surface area contributed by atoms with Gasteiger partial charge in [0.1, 0.15) is 5.52 Å². The summed E-state index contributed by atoms with van der Waals surface area (Å²) in [5.41, 5.74) is 4.99. The van der Waals surface area contributed by atoms with Crippen LogP contribution in [0.5, 0.6) is 0 Å². The molecule has 1 atom stereocenters. The Morgan fingerprint density at radius 1 is 0.935 bits per heavy atom. The van der Waals surface area contributed by atoms with E-state index in [-0.39, 0.29) is 24.1 Å². The fraction of sp³-hybridized carbons (Fsp3) is 0.559. The van der Waals surface area contributed by atoms with E-state index < -0.39 is 12.2 Å². The largest absolute Gasteiger partial charge is 0.436 e. The second kappa shape index (κ2) is 12.9. The number of para-hydroxylation sites is 2. The molecule has 2 amide bonds. The van der Waals surface area contributed by atoms with Gasteiger partial charge < -0.3 is 24.4 Å². The first-order valence-electron chi connectivity index (χ1n) is 16.8. The number of benzene rings is 2. The number of fused-ring (bicyclic) bond motifs is 2. The maximum absolute atomic E-state index is 14.1. The first-order valence-corrected chi connectivity index (χ1v) is 16.8. The lowest BCUT2D eigenvalue weighted by atomic mass is 9.79. The standard InChI is InChI=1S/C34H44N8O4/c1-22-19-23(20-28-31(22)37-38-36-28)21-30(32(43)40-15-9-25(10-16-40)24-7-13-39(2)14-8-24)46-34(45)41-17-11-26(12-18-41)42-29-6-4-3-5-27(29)35-33(42)44/h3-6,19-20,24-26,30H,7-18,21H2,1-2H3,(H,35,44)(H,36,37,38).